The van der Waals surface area contributed by atoms with Gasteiger partial charge in [0, 0.05) is 12.1 Å². The van der Waals surface area contributed by atoms with Crippen LogP contribution in [0.25, 0.3) is 6.08 Å². The molecule has 1 saturated carbocycles. The van der Waals surface area contributed by atoms with E-state index in [2.05, 4.69) is 22.8 Å². The Bertz CT molecular complexity index is 1170. The fraction of sp³-hybridized carbons (Fsp3) is 0.241. The number of amides is 2. The van der Waals surface area contributed by atoms with Crippen LogP contribution in [0.4, 0.5) is 0 Å². The minimum Gasteiger partial charge on any atom is -0.490 e. The van der Waals surface area contributed by atoms with Crippen LogP contribution in [0.1, 0.15) is 40.2 Å². The number of rotatable bonds is 12. The quantitative estimate of drug-likeness (QED) is 0.267. The zero-order chi connectivity index (χ0) is 25.2. The van der Waals surface area contributed by atoms with Crippen LogP contribution in [0.15, 0.2) is 84.6 Å². The lowest BCUT2D eigenvalue weighted by Gasteiger charge is -2.12. The van der Waals surface area contributed by atoms with Crippen LogP contribution in [0.5, 0.6) is 11.5 Å². The summed E-state index contributed by atoms with van der Waals surface area (Å²) in [6, 6.07) is 24.1. The van der Waals surface area contributed by atoms with Gasteiger partial charge in [0.1, 0.15) is 30.4 Å². The molecule has 36 heavy (non-hydrogen) atoms. The smallest absolute Gasteiger partial charge is 0.267 e. The van der Waals surface area contributed by atoms with Crippen molar-refractivity contribution in [1.82, 2.24) is 10.6 Å². The molecule has 3 N–H and O–H groups in total. The standard InChI is InChI=1S/C29H30N2O5/c32-17-16-30-29(34)27(20-21-6-8-22(9-7-21)23-10-11-23)31-28(33)24-12-14-26(15-13-24)36-19-18-35-25-4-2-1-3-5-25/h1-9,12-15,20,23,32H,10-11,16-19H2,(H,30,34)(H,31,33)/b27-20+. The highest BCUT2D eigenvalue weighted by Gasteiger charge is 2.23. The Morgan fingerprint density at radius 1 is 0.861 bits per heavy atom. The summed E-state index contributed by atoms with van der Waals surface area (Å²) in [6.45, 7) is 0.649. The minimum absolute atomic E-state index is 0.0900. The molecule has 7 heteroatoms. The van der Waals surface area contributed by atoms with E-state index >= 15 is 0 Å². The molecule has 3 aromatic carbocycles. The highest BCUT2D eigenvalue weighted by molar-refractivity contribution is 6.05. The molecule has 0 unspecified atom stereocenters. The van der Waals surface area contributed by atoms with Gasteiger partial charge in [-0.05, 0) is 72.4 Å². The van der Waals surface area contributed by atoms with Gasteiger partial charge < -0.3 is 25.2 Å². The fourth-order valence-corrected chi connectivity index (χ4v) is 3.60. The molecule has 0 aliphatic heterocycles. The minimum atomic E-state index is -0.470. The largest absolute Gasteiger partial charge is 0.490 e. The Morgan fingerprint density at radius 2 is 1.50 bits per heavy atom. The predicted octanol–water partition coefficient (Wildman–Crippen LogP) is 3.90. The Labute approximate surface area is 210 Å². The molecular weight excluding hydrogens is 456 g/mol. The lowest BCUT2D eigenvalue weighted by molar-refractivity contribution is -0.117. The third-order valence-corrected chi connectivity index (χ3v) is 5.67. The predicted molar refractivity (Wildman–Crippen MR) is 138 cm³/mol. The van der Waals surface area contributed by atoms with E-state index in [-0.39, 0.29) is 18.8 Å². The third-order valence-electron chi connectivity index (χ3n) is 5.67. The van der Waals surface area contributed by atoms with Crippen molar-refractivity contribution >= 4 is 17.9 Å². The molecule has 1 aliphatic carbocycles. The summed E-state index contributed by atoms with van der Waals surface area (Å²) < 4.78 is 11.3. The Balaban J connectivity index is 1.35. The summed E-state index contributed by atoms with van der Waals surface area (Å²) in [5, 5.41) is 14.3. The number of nitrogens with one attached hydrogen (secondary N) is 2. The van der Waals surface area contributed by atoms with Gasteiger partial charge in [-0.2, -0.15) is 0 Å². The highest BCUT2D eigenvalue weighted by Crippen LogP contribution is 2.39. The van der Waals surface area contributed by atoms with E-state index in [0.29, 0.717) is 30.4 Å². The average molecular weight is 487 g/mol. The Morgan fingerprint density at radius 3 is 2.11 bits per heavy atom. The number of aliphatic hydroxyl groups is 1. The second-order valence-electron chi connectivity index (χ2n) is 8.47. The number of ether oxygens (including phenoxy) is 2. The highest BCUT2D eigenvalue weighted by atomic mass is 16.5. The van der Waals surface area contributed by atoms with Gasteiger partial charge in [0.15, 0.2) is 0 Å². The van der Waals surface area contributed by atoms with Crippen LogP contribution < -0.4 is 20.1 Å². The Kier molecular flexibility index (Phi) is 8.72. The first kappa shape index (κ1) is 25.0. The normalized spacial score (nSPS) is 13.1. The molecule has 1 aliphatic rings. The Hall–Kier alpha value is -4.10. The number of aliphatic hydroxyl groups excluding tert-OH is 1. The number of carbonyl (C=O) groups excluding carboxylic acids is 2. The van der Waals surface area contributed by atoms with E-state index in [9.17, 15) is 9.59 Å². The lowest BCUT2D eigenvalue weighted by atomic mass is 10.1. The van der Waals surface area contributed by atoms with Crippen molar-refractivity contribution in [1.29, 1.82) is 0 Å². The van der Waals surface area contributed by atoms with Gasteiger partial charge in [0.25, 0.3) is 11.8 Å². The van der Waals surface area contributed by atoms with Gasteiger partial charge in [-0.25, -0.2) is 0 Å². The van der Waals surface area contributed by atoms with E-state index in [1.807, 2.05) is 42.5 Å². The molecule has 0 radical (unpaired) electrons. The lowest BCUT2D eigenvalue weighted by Crippen LogP contribution is -2.36. The van der Waals surface area contributed by atoms with Crippen molar-refractivity contribution in [2.45, 2.75) is 18.8 Å². The molecule has 0 aromatic heterocycles. The van der Waals surface area contributed by atoms with E-state index in [1.54, 1.807) is 30.3 Å². The first-order valence-electron chi connectivity index (χ1n) is 12.0. The molecule has 0 saturated heterocycles. The zero-order valence-electron chi connectivity index (χ0n) is 20.0. The summed E-state index contributed by atoms with van der Waals surface area (Å²) in [7, 11) is 0. The van der Waals surface area contributed by atoms with Crippen molar-refractivity contribution in [3.63, 3.8) is 0 Å². The van der Waals surface area contributed by atoms with Crippen LogP contribution in [0, 0.1) is 0 Å². The second kappa shape index (κ2) is 12.6. The van der Waals surface area contributed by atoms with Crippen LogP contribution in [0.2, 0.25) is 0 Å². The topological polar surface area (TPSA) is 96.9 Å². The molecule has 0 bridgehead atoms. The molecule has 2 amide bonds. The molecule has 3 aromatic rings. The first-order valence-corrected chi connectivity index (χ1v) is 12.0. The average Bonchev–Trinajstić information content (AvgIpc) is 3.76. The van der Waals surface area contributed by atoms with Crippen LogP contribution in [0.3, 0.4) is 0 Å². The van der Waals surface area contributed by atoms with E-state index in [0.717, 1.165) is 11.3 Å². The van der Waals surface area contributed by atoms with Crippen molar-refractivity contribution in [3.05, 3.63) is 101 Å². The van der Waals surface area contributed by atoms with Crippen LogP contribution in [-0.4, -0.2) is 43.3 Å². The fourth-order valence-electron chi connectivity index (χ4n) is 3.60. The molecular formula is C29H30N2O5. The van der Waals surface area contributed by atoms with Gasteiger partial charge >= 0.3 is 0 Å². The van der Waals surface area contributed by atoms with Crippen molar-refractivity contribution in [3.8, 4) is 11.5 Å². The molecule has 0 spiro atoms. The van der Waals surface area contributed by atoms with E-state index in [4.69, 9.17) is 14.6 Å². The maximum atomic E-state index is 12.9. The number of benzene rings is 3. The molecule has 4 rings (SSSR count). The maximum Gasteiger partial charge on any atom is 0.267 e. The maximum absolute atomic E-state index is 12.9. The summed E-state index contributed by atoms with van der Waals surface area (Å²) in [6.07, 6.45) is 4.06. The first-order chi connectivity index (χ1) is 17.6. The van der Waals surface area contributed by atoms with Gasteiger partial charge in [-0.15, -0.1) is 0 Å². The van der Waals surface area contributed by atoms with Gasteiger partial charge in [-0.1, -0.05) is 42.5 Å². The van der Waals surface area contributed by atoms with Gasteiger partial charge in [0.2, 0.25) is 0 Å². The number of hydrogen-bond acceptors (Lipinski definition) is 5. The monoisotopic (exact) mass is 486 g/mol. The van der Waals surface area contributed by atoms with E-state index in [1.165, 1.54) is 18.4 Å². The molecule has 0 heterocycles. The molecule has 7 nitrogen and oxygen atoms in total. The summed E-state index contributed by atoms with van der Waals surface area (Å²) in [4.78, 5) is 25.5. The van der Waals surface area contributed by atoms with Gasteiger partial charge in [-0.3, -0.25) is 9.59 Å². The van der Waals surface area contributed by atoms with Gasteiger partial charge in [0.05, 0.1) is 6.61 Å². The summed E-state index contributed by atoms with van der Waals surface area (Å²) in [5.41, 5.74) is 2.57. The van der Waals surface area contributed by atoms with E-state index < -0.39 is 11.8 Å². The number of carbonyl (C=O) groups is 2. The molecule has 0 atom stereocenters. The third kappa shape index (κ3) is 7.45. The van der Waals surface area contributed by atoms with Crippen LogP contribution >= 0.6 is 0 Å². The van der Waals surface area contributed by atoms with Crippen molar-refractivity contribution in [2.75, 3.05) is 26.4 Å². The van der Waals surface area contributed by atoms with Crippen molar-refractivity contribution < 1.29 is 24.2 Å². The summed E-state index contributed by atoms with van der Waals surface area (Å²) >= 11 is 0. The molecule has 1 fully saturated rings. The number of para-hydroxylation sites is 1. The zero-order valence-corrected chi connectivity index (χ0v) is 20.0. The second-order valence-corrected chi connectivity index (χ2v) is 8.47. The van der Waals surface area contributed by atoms with Crippen LogP contribution in [-0.2, 0) is 4.79 Å². The molecule has 186 valence electrons. The number of hydrogen-bond donors (Lipinski definition) is 3. The van der Waals surface area contributed by atoms with Crippen molar-refractivity contribution in [2.24, 2.45) is 0 Å². The SMILES string of the molecule is O=C(NCCO)/C(=C\c1ccc(C2CC2)cc1)NC(=O)c1ccc(OCCOc2ccccc2)cc1. The summed E-state index contributed by atoms with van der Waals surface area (Å²) in [5.74, 6) is 1.13.